The number of hydrogen-bond donors (Lipinski definition) is 0. The molecule has 1 amide bonds. The van der Waals surface area contributed by atoms with Crippen LogP contribution in [0.15, 0.2) is 47.5 Å². The first kappa shape index (κ1) is 24.3. The molecule has 2 saturated carbocycles. The van der Waals surface area contributed by atoms with Crippen molar-refractivity contribution in [2.24, 2.45) is 11.8 Å². The highest BCUT2D eigenvalue weighted by atomic mass is 32.2. The molecule has 7 nitrogen and oxygen atoms in total. The van der Waals surface area contributed by atoms with Gasteiger partial charge in [-0.15, -0.1) is 0 Å². The Morgan fingerprint density at radius 3 is 2.37 bits per heavy atom. The molecule has 2 bridgehead atoms. The molecule has 0 radical (unpaired) electrons. The second-order valence-corrected chi connectivity index (χ2v) is 12.6. The largest absolute Gasteiger partial charge is 0.446 e. The fourth-order valence-electron chi connectivity index (χ4n) is 6.00. The summed E-state index contributed by atoms with van der Waals surface area (Å²) in [5.41, 5.74) is 2.84. The van der Waals surface area contributed by atoms with Crippen LogP contribution in [0.5, 0.6) is 0 Å². The van der Waals surface area contributed by atoms with Crippen LogP contribution >= 0.6 is 0 Å². The molecule has 0 N–H and O–H groups in total. The fourth-order valence-corrected chi connectivity index (χ4v) is 6.63. The van der Waals surface area contributed by atoms with E-state index in [4.69, 9.17) is 4.74 Å². The average molecular weight is 498 g/mol. The van der Waals surface area contributed by atoms with Crippen LogP contribution in [0.1, 0.15) is 44.1 Å². The number of sulfone groups is 1. The minimum atomic E-state index is -3.20. The highest BCUT2D eigenvalue weighted by Crippen LogP contribution is 2.46. The summed E-state index contributed by atoms with van der Waals surface area (Å²) in [6.45, 7) is 2.28. The monoisotopic (exact) mass is 497 g/mol. The first-order chi connectivity index (χ1) is 16.8. The minimum absolute atomic E-state index is 0.118. The predicted molar refractivity (Wildman–Crippen MR) is 135 cm³/mol. The van der Waals surface area contributed by atoms with E-state index >= 15 is 0 Å². The zero-order valence-corrected chi connectivity index (χ0v) is 21.4. The number of carbonyl (C=O) groups is 1. The van der Waals surface area contributed by atoms with Crippen molar-refractivity contribution < 1.29 is 17.9 Å². The van der Waals surface area contributed by atoms with Crippen LogP contribution in [-0.4, -0.2) is 67.8 Å². The maximum Gasteiger partial charge on any atom is 0.410 e. The van der Waals surface area contributed by atoms with Gasteiger partial charge in [0, 0.05) is 43.7 Å². The fraction of sp³-hybridized carbons (Fsp3) is 0.556. The minimum Gasteiger partial charge on any atom is -0.446 e. The number of piperidine rings is 1. The summed E-state index contributed by atoms with van der Waals surface area (Å²) in [5.74, 6) is 1.38. The lowest BCUT2D eigenvalue weighted by atomic mass is 9.98. The number of hydrogen-bond acceptors (Lipinski definition) is 6. The van der Waals surface area contributed by atoms with E-state index in [1.807, 2.05) is 17.2 Å². The molecule has 2 heterocycles. The van der Waals surface area contributed by atoms with Gasteiger partial charge in [-0.05, 0) is 81.2 Å². The van der Waals surface area contributed by atoms with Crippen molar-refractivity contribution in [3.05, 3.63) is 48.2 Å². The zero-order valence-electron chi connectivity index (χ0n) is 20.6. The van der Waals surface area contributed by atoms with E-state index in [2.05, 4.69) is 23.0 Å². The summed E-state index contributed by atoms with van der Waals surface area (Å²) >= 11 is 0. The Bertz CT molecular complexity index is 1140. The van der Waals surface area contributed by atoms with Crippen LogP contribution in [0, 0.1) is 11.8 Å². The molecule has 1 aromatic carbocycles. The van der Waals surface area contributed by atoms with E-state index in [1.165, 1.54) is 25.5 Å². The van der Waals surface area contributed by atoms with Crippen molar-refractivity contribution in [3.8, 4) is 11.3 Å². The van der Waals surface area contributed by atoms with Gasteiger partial charge in [0.05, 0.1) is 10.6 Å². The van der Waals surface area contributed by atoms with Crippen LogP contribution in [0.25, 0.3) is 11.3 Å². The third kappa shape index (κ3) is 5.54. The van der Waals surface area contributed by atoms with Crippen molar-refractivity contribution in [1.82, 2.24) is 14.8 Å². The molecule has 1 aromatic heterocycles. The first-order valence-corrected chi connectivity index (χ1v) is 14.6. The van der Waals surface area contributed by atoms with Crippen molar-refractivity contribution in [3.63, 3.8) is 0 Å². The lowest BCUT2D eigenvalue weighted by Crippen LogP contribution is -2.46. The Hall–Kier alpha value is -2.45. The Kier molecular flexibility index (Phi) is 6.86. The van der Waals surface area contributed by atoms with E-state index in [-0.39, 0.29) is 12.2 Å². The van der Waals surface area contributed by atoms with Gasteiger partial charge >= 0.3 is 6.09 Å². The van der Waals surface area contributed by atoms with Crippen LogP contribution in [-0.2, 0) is 21.1 Å². The Morgan fingerprint density at radius 1 is 1.06 bits per heavy atom. The lowest BCUT2D eigenvalue weighted by Gasteiger charge is -2.37. The van der Waals surface area contributed by atoms with Gasteiger partial charge in [0.15, 0.2) is 9.84 Å². The normalized spacial score (nSPS) is 24.8. The van der Waals surface area contributed by atoms with E-state index in [9.17, 15) is 13.2 Å². The van der Waals surface area contributed by atoms with Gasteiger partial charge in [-0.3, -0.25) is 9.88 Å². The van der Waals surface area contributed by atoms with E-state index in [1.54, 1.807) is 24.3 Å². The molecule has 3 fully saturated rings. The number of fused-ring (bicyclic) bond motifs is 2. The molecule has 2 aromatic rings. The summed E-state index contributed by atoms with van der Waals surface area (Å²) in [6, 6.07) is 11.3. The van der Waals surface area contributed by atoms with Gasteiger partial charge in [-0.25, -0.2) is 13.2 Å². The summed E-state index contributed by atoms with van der Waals surface area (Å²) in [4.78, 5) is 21.8. The Balaban J connectivity index is 1.10. The molecule has 2 aliphatic carbocycles. The zero-order chi connectivity index (χ0) is 24.6. The SMILES string of the molecule is CN(Cc1ccc(-c2ccc(S(C)(=O)=O)cc2)nc1)C1CCN(C(=O)O[C@@H]2C[C@@H]3CC[C@@H]2C3)CC1. The number of nitrogens with zero attached hydrogens (tertiary/aromatic N) is 3. The van der Waals surface area contributed by atoms with Crippen LogP contribution in [0.3, 0.4) is 0 Å². The van der Waals surface area contributed by atoms with E-state index < -0.39 is 9.84 Å². The Labute approximate surface area is 208 Å². The number of pyridine rings is 1. The predicted octanol–water partition coefficient (Wildman–Crippen LogP) is 4.37. The molecule has 1 saturated heterocycles. The van der Waals surface area contributed by atoms with Crippen molar-refractivity contribution >= 4 is 15.9 Å². The van der Waals surface area contributed by atoms with Gasteiger partial charge in [0.1, 0.15) is 6.10 Å². The van der Waals surface area contributed by atoms with Crippen molar-refractivity contribution in [1.29, 1.82) is 0 Å². The number of rotatable bonds is 6. The van der Waals surface area contributed by atoms with Crippen LogP contribution in [0.4, 0.5) is 4.79 Å². The average Bonchev–Trinajstić information content (AvgIpc) is 3.48. The molecule has 0 unspecified atom stereocenters. The van der Waals surface area contributed by atoms with E-state index in [0.29, 0.717) is 16.9 Å². The molecule has 8 heteroatoms. The van der Waals surface area contributed by atoms with Gasteiger partial charge in [-0.1, -0.05) is 18.2 Å². The molecule has 188 valence electrons. The molecular formula is C27H35N3O4S. The number of amides is 1. The molecule has 5 rings (SSSR count). The quantitative estimate of drug-likeness (QED) is 0.590. The van der Waals surface area contributed by atoms with Crippen molar-refractivity contribution in [2.45, 2.75) is 62.1 Å². The van der Waals surface area contributed by atoms with Crippen LogP contribution in [0.2, 0.25) is 0 Å². The molecule has 3 aliphatic rings. The molecule has 3 atom stereocenters. The summed E-state index contributed by atoms with van der Waals surface area (Å²) in [6.07, 6.45) is 9.86. The smallest absolute Gasteiger partial charge is 0.410 e. The molecule has 0 spiro atoms. The number of benzene rings is 1. The lowest BCUT2D eigenvalue weighted by molar-refractivity contribution is 0.0265. The summed E-state index contributed by atoms with van der Waals surface area (Å²) < 4.78 is 29.2. The molecule has 35 heavy (non-hydrogen) atoms. The van der Waals surface area contributed by atoms with Gasteiger partial charge < -0.3 is 9.64 Å². The maximum atomic E-state index is 12.7. The number of aromatic nitrogens is 1. The van der Waals surface area contributed by atoms with Gasteiger partial charge in [0.2, 0.25) is 0 Å². The van der Waals surface area contributed by atoms with Gasteiger partial charge in [0.25, 0.3) is 0 Å². The van der Waals surface area contributed by atoms with Crippen LogP contribution < -0.4 is 0 Å². The van der Waals surface area contributed by atoms with E-state index in [0.717, 1.165) is 61.6 Å². The summed E-state index contributed by atoms with van der Waals surface area (Å²) in [5, 5.41) is 0. The number of likely N-dealkylation sites (tertiary alicyclic amines) is 1. The summed E-state index contributed by atoms with van der Waals surface area (Å²) in [7, 11) is -1.07. The third-order valence-corrected chi connectivity index (χ3v) is 9.23. The molecular weight excluding hydrogens is 462 g/mol. The number of ether oxygens (including phenoxy) is 1. The highest BCUT2D eigenvalue weighted by Gasteiger charge is 2.42. The maximum absolute atomic E-state index is 12.7. The van der Waals surface area contributed by atoms with Crippen molar-refractivity contribution in [2.75, 3.05) is 26.4 Å². The second-order valence-electron chi connectivity index (χ2n) is 10.6. The first-order valence-electron chi connectivity index (χ1n) is 12.7. The second kappa shape index (κ2) is 9.90. The van der Waals surface area contributed by atoms with Gasteiger partial charge in [-0.2, -0.15) is 0 Å². The highest BCUT2D eigenvalue weighted by molar-refractivity contribution is 7.90. The third-order valence-electron chi connectivity index (χ3n) is 8.11. The Morgan fingerprint density at radius 2 is 1.80 bits per heavy atom. The number of carbonyl (C=O) groups excluding carboxylic acids is 1. The topological polar surface area (TPSA) is 79.8 Å². The molecule has 1 aliphatic heterocycles. The standard InChI is InChI=1S/C27H35N3O4S/c1-29(18-20-4-10-25(28-17-20)21-6-8-24(9-7-21)35(2,32)33)23-11-13-30(14-12-23)27(31)34-26-16-19-3-5-22(26)15-19/h4,6-10,17,19,22-23,26H,3,5,11-16,18H2,1-2H3/t19-,22-,26-/m1/s1.